The standard InChI is InChI=1S/C12H18O6/c1-12(2)17-8-6-15-10(13)4-3-5-11(14)16-7-9(8)18-12/h8-9H,3-7H2,1-2H3/t8-,9-/m1/s1. The van der Waals surface area contributed by atoms with Crippen molar-refractivity contribution in [2.45, 2.75) is 51.1 Å². The molecular formula is C12H18O6. The summed E-state index contributed by atoms with van der Waals surface area (Å²) in [7, 11) is 0. The van der Waals surface area contributed by atoms with Crippen molar-refractivity contribution in [1.82, 2.24) is 0 Å². The molecule has 0 saturated carbocycles. The molecule has 0 aliphatic carbocycles. The van der Waals surface area contributed by atoms with E-state index >= 15 is 0 Å². The third-order valence-electron chi connectivity index (χ3n) is 2.86. The van der Waals surface area contributed by atoms with E-state index in [1.807, 2.05) is 0 Å². The number of hydrogen-bond acceptors (Lipinski definition) is 6. The Morgan fingerprint density at radius 2 is 1.39 bits per heavy atom. The molecule has 0 aromatic carbocycles. The highest BCUT2D eigenvalue weighted by Crippen LogP contribution is 2.29. The molecule has 0 bridgehead atoms. The van der Waals surface area contributed by atoms with Gasteiger partial charge < -0.3 is 18.9 Å². The molecule has 6 nitrogen and oxygen atoms in total. The fraction of sp³-hybridized carbons (Fsp3) is 0.833. The molecule has 2 aliphatic heterocycles. The third kappa shape index (κ3) is 3.43. The lowest BCUT2D eigenvalue weighted by atomic mass is 10.2. The Morgan fingerprint density at radius 3 is 1.83 bits per heavy atom. The second kappa shape index (κ2) is 5.24. The predicted octanol–water partition coefficient (Wildman–Crippen LogP) is 0.777. The van der Waals surface area contributed by atoms with Crippen LogP contribution in [0.5, 0.6) is 0 Å². The molecule has 102 valence electrons. The second-order valence-electron chi connectivity index (χ2n) is 4.93. The zero-order valence-electron chi connectivity index (χ0n) is 10.6. The Morgan fingerprint density at radius 1 is 0.944 bits per heavy atom. The zero-order chi connectivity index (χ0) is 13.2. The fourth-order valence-corrected chi connectivity index (χ4v) is 2.06. The van der Waals surface area contributed by atoms with Crippen molar-refractivity contribution in [3.63, 3.8) is 0 Å². The molecule has 18 heavy (non-hydrogen) atoms. The van der Waals surface area contributed by atoms with Gasteiger partial charge in [-0.2, -0.15) is 0 Å². The highest BCUT2D eigenvalue weighted by Gasteiger charge is 2.42. The van der Waals surface area contributed by atoms with Crippen LogP contribution in [0.2, 0.25) is 0 Å². The average molecular weight is 258 g/mol. The zero-order valence-corrected chi connectivity index (χ0v) is 10.6. The van der Waals surface area contributed by atoms with Crippen LogP contribution in [0.1, 0.15) is 33.1 Å². The summed E-state index contributed by atoms with van der Waals surface area (Å²) in [5.41, 5.74) is 0. The molecule has 0 N–H and O–H groups in total. The van der Waals surface area contributed by atoms with E-state index in [4.69, 9.17) is 18.9 Å². The van der Waals surface area contributed by atoms with E-state index in [-0.39, 0.29) is 38.0 Å². The topological polar surface area (TPSA) is 71.1 Å². The molecule has 2 rings (SSSR count). The van der Waals surface area contributed by atoms with Gasteiger partial charge in [-0.3, -0.25) is 9.59 Å². The van der Waals surface area contributed by atoms with Gasteiger partial charge in [0.05, 0.1) is 0 Å². The summed E-state index contributed by atoms with van der Waals surface area (Å²) < 4.78 is 21.4. The molecule has 0 spiro atoms. The van der Waals surface area contributed by atoms with Crippen LogP contribution in [0.3, 0.4) is 0 Å². The van der Waals surface area contributed by atoms with E-state index in [2.05, 4.69) is 0 Å². The quantitative estimate of drug-likeness (QED) is 0.598. The van der Waals surface area contributed by atoms with Gasteiger partial charge in [0.2, 0.25) is 0 Å². The number of carbonyl (C=O) groups is 2. The maximum absolute atomic E-state index is 11.4. The van der Waals surface area contributed by atoms with Crippen LogP contribution in [0.25, 0.3) is 0 Å². The van der Waals surface area contributed by atoms with E-state index in [1.54, 1.807) is 13.8 Å². The van der Waals surface area contributed by atoms with Crippen molar-refractivity contribution in [3.05, 3.63) is 0 Å². The molecule has 0 radical (unpaired) electrons. The molecule has 0 unspecified atom stereocenters. The summed E-state index contributed by atoms with van der Waals surface area (Å²) in [6, 6.07) is 0. The SMILES string of the molecule is CC1(C)O[C@@H]2COC(=O)CCCC(=O)OC[C@H]2O1. The van der Waals surface area contributed by atoms with Gasteiger partial charge in [0.15, 0.2) is 5.79 Å². The largest absolute Gasteiger partial charge is 0.463 e. The summed E-state index contributed by atoms with van der Waals surface area (Å²) in [5, 5.41) is 0. The number of cyclic esters (lactones) is 2. The molecule has 2 fully saturated rings. The van der Waals surface area contributed by atoms with Gasteiger partial charge in [-0.15, -0.1) is 0 Å². The highest BCUT2D eigenvalue weighted by atomic mass is 16.8. The Bertz CT molecular complexity index is 307. The lowest BCUT2D eigenvalue weighted by Gasteiger charge is -2.16. The minimum atomic E-state index is -0.752. The van der Waals surface area contributed by atoms with Crippen molar-refractivity contribution in [1.29, 1.82) is 0 Å². The highest BCUT2D eigenvalue weighted by molar-refractivity contribution is 5.72. The molecule has 0 aromatic heterocycles. The second-order valence-corrected chi connectivity index (χ2v) is 4.93. The number of ether oxygens (including phenoxy) is 4. The van der Waals surface area contributed by atoms with E-state index in [1.165, 1.54) is 0 Å². The smallest absolute Gasteiger partial charge is 0.305 e. The van der Waals surface area contributed by atoms with Gasteiger partial charge >= 0.3 is 11.9 Å². The van der Waals surface area contributed by atoms with Crippen molar-refractivity contribution in [2.75, 3.05) is 13.2 Å². The lowest BCUT2D eigenvalue weighted by Crippen LogP contribution is -2.32. The monoisotopic (exact) mass is 258 g/mol. The third-order valence-corrected chi connectivity index (χ3v) is 2.86. The van der Waals surface area contributed by atoms with Crippen LogP contribution in [0, 0.1) is 0 Å². The summed E-state index contributed by atoms with van der Waals surface area (Å²) in [6.45, 7) is 3.81. The Hall–Kier alpha value is -1.14. The maximum Gasteiger partial charge on any atom is 0.305 e. The van der Waals surface area contributed by atoms with Gasteiger partial charge in [0.1, 0.15) is 25.4 Å². The number of esters is 2. The molecule has 0 amide bonds. The van der Waals surface area contributed by atoms with Crippen LogP contribution in [0.15, 0.2) is 0 Å². The molecule has 2 heterocycles. The summed E-state index contributed by atoms with van der Waals surface area (Å²) in [5.74, 6) is -1.40. The molecular weight excluding hydrogens is 240 g/mol. The summed E-state index contributed by atoms with van der Waals surface area (Å²) >= 11 is 0. The minimum absolute atomic E-state index is 0.129. The molecule has 2 aliphatic rings. The Balaban J connectivity index is 2.03. The van der Waals surface area contributed by atoms with E-state index < -0.39 is 18.0 Å². The first kappa shape index (κ1) is 13.3. The normalized spacial score (nSPS) is 33.0. The Kier molecular flexibility index (Phi) is 3.87. The molecule has 0 aromatic rings. The first-order valence-corrected chi connectivity index (χ1v) is 6.13. The van der Waals surface area contributed by atoms with Crippen LogP contribution in [-0.2, 0) is 28.5 Å². The van der Waals surface area contributed by atoms with Crippen LogP contribution < -0.4 is 0 Å². The lowest BCUT2D eigenvalue weighted by molar-refractivity contribution is -0.164. The first-order valence-electron chi connectivity index (χ1n) is 6.13. The maximum atomic E-state index is 11.4. The van der Waals surface area contributed by atoms with Crippen LogP contribution in [-0.4, -0.2) is 43.1 Å². The van der Waals surface area contributed by atoms with Crippen LogP contribution >= 0.6 is 0 Å². The number of hydrogen-bond donors (Lipinski definition) is 0. The van der Waals surface area contributed by atoms with Crippen molar-refractivity contribution >= 4 is 11.9 Å². The predicted molar refractivity (Wildman–Crippen MR) is 59.6 cm³/mol. The number of carbonyl (C=O) groups excluding carboxylic acids is 2. The fourth-order valence-electron chi connectivity index (χ4n) is 2.06. The van der Waals surface area contributed by atoms with Gasteiger partial charge in [-0.25, -0.2) is 0 Å². The van der Waals surface area contributed by atoms with E-state index in [0.29, 0.717) is 6.42 Å². The van der Waals surface area contributed by atoms with E-state index in [9.17, 15) is 9.59 Å². The van der Waals surface area contributed by atoms with Crippen molar-refractivity contribution in [3.8, 4) is 0 Å². The number of fused-ring (bicyclic) bond motifs is 1. The minimum Gasteiger partial charge on any atom is -0.463 e. The molecule has 2 atom stereocenters. The van der Waals surface area contributed by atoms with E-state index in [0.717, 1.165) is 0 Å². The Labute approximate surface area is 106 Å². The number of rotatable bonds is 0. The van der Waals surface area contributed by atoms with Gasteiger partial charge in [0, 0.05) is 12.8 Å². The first-order chi connectivity index (χ1) is 8.46. The molecule has 2 saturated heterocycles. The summed E-state index contributed by atoms with van der Waals surface area (Å²) in [6.07, 6.45) is 0.0953. The molecule has 6 heteroatoms. The van der Waals surface area contributed by atoms with Crippen molar-refractivity contribution in [2.24, 2.45) is 0 Å². The summed E-state index contributed by atoms with van der Waals surface area (Å²) in [4.78, 5) is 22.8. The average Bonchev–Trinajstić information content (AvgIpc) is 2.57. The van der Waals surface area contributed by atoms with Crippen LogP contribution in [0.4, 0.5) is 0 Å². The van der Waals surface area contributed by atoms with Crippen molar-refractivity contribution < 1.29 is 28.5 Å². The van der Waals surface area contributed by atoms with Gasteiger partial charge in [0.25, 0.3) is 0 Å². The van der Waals surface area contributed by atoms with Gasteiger partial charge in [-0.1, -0.05) is 0 Å². The van der Waals surface area contributed by atoms with Gasteiger partial charge in [-0.05, 0) is 20.3 Å².